The maximum absolute atomic E-state index is 9.01. The van der Waals surface area contributed by atoms with Crippen LogP contribution >= 0.6 is 0 Å². The molecule has 1 heterocycles. The first-order valence-electron chi connectivity index (χ1n) is 4.62. The van der Waals surface area contributed by atoms with E-state index in [9.17, 15) is 0 Å². The van der Waals surface area contributed by atoms with Gasteiger partial charge in [0.05, 0.1) is 23.8 Å². The molecular formula is C12H10N2O. The molecule has 0 radical (unpaired) electrons. The maximum Gasteiger partial charge on any atom is 0.0999 e. The van der Waals surface area contributed by atoms with Crippen LogP contribution in [0.25, 0.3) is 10.9 Å². The summed E-state index contributed by atoms with van der Waals surface area (Å²) in [6.45, 7) is 0.498. The van der Waals surface area contributed by atoms with Crippen LogP contribution in [0.4, 0.5) is 0 Å². The van der Waals surface area contributed by atoms with Gasteiger partial charge >= 0.3 is 0 Å². The molecule has 0 saturated heterocycles. The molecule has 0 aliphatic carbocycles. The Morgan fingerprint density at radius 1 is 1.40 bits per heavy atom. The fourth-order valence-corrected chi connectivity index (χ4v) is 1.65. The third kappa shape index (κ3) is 1.67. The van der Waals surface area contributed by atoms with E-state index in [1.54, 1.807) is 19.4 Å². The molecule has 0 saturated carbocycles. The first-order chi connectivity index (χ1) is 7.36. The molecule has 0 bridgehead atoms. The van der Waals surface area contributed by atoms with Gasteiger partial charge in [-0.1, -0.05) is 12.1 Å². The zero-order valence-electron chi connectivity index (χ0n) is 8.40. The number of fused-ring (bicyclic) bond motifs is 1. The molecular weight excluding hydrogens is 188 g/mol. The molecule has 3 nitrogen and oxygen atoms in total. The second kappa shape index (κ2) is 4.07. The van der Waals surface area contributed by atoms with E-state index in [1.165, 1.54) is 0 Å². The summed E-state index contributed by atoms with van der Waals surface area (Å²) in [6, 6.07) is 9.67. The number of nitriles is 1. The van der Waals surface area contributed by atoms with Gasteiger partial charge in [0.1, 0.15) is 0 Å². The lowest BCUT2D eigenvalue weighted by atomic mass is 10.0. The summed E-state index contributed by atoms with van der Waals surface area (Å²) in [6.07, 6.45) is 1.65. The van der Waals surface area contributed by atoms with Crippen LogP contribution in [0.15, 0.2) is 30.5 Å². The molecule has 0 N–H and O–H groups in total. The van der Waals surface area contributed by atoms with Crippen LogP contribution in [0.2, 0.25) is 0 Å². The minimum atomic E-state index is 0.498. The predicted octanol–water partition coefficient (Wildman–Crippen LogP) is 2.25. The highest BCUT2D eigenvalue weighted by Crippen LogP contribution is 2.21. The highest BCUT2D eigenvalue weighted by Gasteiger charge is 2.05. The van der Waals surface area contributed by atoms with Crippen molar-refractivity contribution in [1.82, 2.24) is 4.98 Å². The van der Waals surface area contributed by atoms with E-state index >= 15 is 0 Å². The molecule has 0 unspecified atom stereocenters. The van der Waals surface area contributed by atoms with Gasteiger partial charge in [0, 0.05) is 18.7 Å². The summed E-state index contributed by atoms with van der Waals surface area (Å²) in [7, 11) is 1.64. The standard InChI is InChI=1S/C12H10N2O/c1-15-8-10-3-2-4-11-12(10)9(7-13)5-6-14-11/h2-6H,8H2,1H3. The van der Waals surface area contributed by atoms with Gasteiger partial charge in [0.2, 0.25) is 0 Å². The van der Waals surface area contributed by atoms with Crippen molar-refractivity contribution in [1.29, 1.82) is 5.26 Å². The van der Waals surface area contributed by atoms with Crippen molar-refractivity contribution in [2.75, 3.05) is 7.11 Å². The van der Waals surface area contributed by atoms with Gasteiger partial charge < -0.3 is 4.74 Å². The molecule has 0 fully saturated rings. The number of nitrogens with zero attached hydrogens (tertiary/aromatic N) is 2. The third-order valence-corrected chi connectivity index (χ3v) is 2.27. The lowest BCUT2D eigenvalue weighted by molar-refractivity contribution is 0.186. The van der Waals surface area contributed by atoms with Crippen LogP contribution in [0, 0.1) is 11.3 Å². The summed E-state index contributed by atoms with van der Waals surface area (Å²) < 4.78 is 5.10. The van der Waals surface area contributed by atoms with Crippen LogP contribution < -0.4 is 0 Å². The van der Waals surface area contributed by atoms with Gasteiger partial charge in [-0.3, -0.25) is 4.98 Å². The minimum absolute atomic E-state index is 0.498. The molecule has 2 rings (SSSR count). The van der Waals surface area contributed by atoms with Crippen molar-refractivity contribution in [2.45, 2.75) is 6.61 Å². The lowest BCUT2D eigenvalue weighted by Gasteiger charge is -2.05. The SMILES string of the molecule is COCc1cccc2nccc(C#N)c12. The number of aromatic nitrogens is 1. The van der Waals surface area contributed by atoms with Crippen molar-refractivity contribution in [3.8, 4) is 6.07 Å². The smallest absolute Gasteiger partial charge is 0.0999 e. The molecule has 2 aromatic rings. The van der Waals surface area contributed by atoms with E-state index in [0.29, 0.717) is 12.2 Å². The number of benzene rings is 1. The second-order valence-corrected chi connectivity index (χ2v) is 3.21. The first-order valence-corrected chi connectivity index (χ1v) is 4.62. The Bertz CT molecular complexity index is 523. The summed E-state index contributed by atoms with van der Waals surface area (Å²) in [5.74, 6) is 0. The molecule has 0 spiro atoms. The van der Waals surface area contributed by atoms with E-state index < -0.39 is 0 Å². The monoisotopic (exact) mass is 198 g/mol. The molecule has 0 amide bonds. The molecule has 1 aromatic carbocycles. The van der Waals surface area contributed by atoms with Crippen molar-refractivity contribution in [2.24, 2.45) is 0 Å². The normalized spacial score (nSPS) is 10.1. The molecule has 0 atom stereocenters. The fourth-order valence-electron chi connectivity index (χ4n) is 1.65. The highest BCUT2D eigenvalue weighted by atomic mass is 16.5. The van der Waals surface area contributed by atoms with Gasteiger partial charge in [-0.05, 0) is 17.7 Å². The Morgan fingerprint density at radius 3 is 3.00 bits per heavy atom. The first kappa shape index (κ1) is 9.63. The zero-order chi connectivity index (χ0) is 10.7. The Balaban J connectivity index is 2.76. The minimum Gasteiger partial charge on any atom is -0.380 e. The predicted molar refractivity (Wildman–Crippen MR) is 57.2 cm³/mol. The number of hydrogen-bond donors (Lipinski definition) is 0. The topological polar surface area (TPSA) is 45.9 Å². The van der Waals surface area contributed by atoms with Crippen LogP contribution in [0.1, 0.15) is 11.1 Å². The Labute approximate surface area is 87.9 Å². The highest BCUT2D eigenvalue weighted by molar-refractivity contribution is 5.87. The average Bonchev–Trinajstić information content (AvgIpc) is 2.29. The Morgan fingerprint density at radius 2 is 2.27 bits per heavy atom. The van der Waals surface area contributed by atoms with Gasteiger partial charge in [-0.2, -0.15) is 5.26 Å². The largest absolute Gasteiger partial charge is 0.380 e. The number of hydrogen-bond acceptors (Lipinski definition) is 3. The van der Waals surface area contributed by atoms with Gasteiger partial charge in [-0.25, -0.2) is 0 Å². The number of rotatable bonds is 2. The average molecular weight is 198 g/mol. The van der Waals surface area contributed by atoms with Crippen molar-refractivity contribution in [3.63, 3.8) is 0 Å². The van der Waals surface area contributed by atoms with E-state index in [2.05, 4.69) is 11.1 Å². The van der Waals surface area contributed by atoms with Crippen LogP contribution in [-0.4, -0.2) is 12.1 Å². The van der Waals surface area contributed by atoms with Crippen LogP contribution in [-0.2, 0) is 11.3 Å². The molecule has 0 aliphatic heterocycles. The van der Waals surface area contributed by atoms with Crippen molar-refractivity contribution >= 4 is 10.9 Å². The fraction of sp³-hybridized carbons (Fsp3) is 0.167. The summed E-state index contributed by atoms with van der Waals surface area (Å²) in [4.78, 5) is 4.23. The van der Waals surface area contributed by atoms with Gasteiger partial charge in [-0.15, -0.1) is 0 Å². The maximum atomic E-state index is 9.01. The summed E-state index contributed by atoms with van der Waals surface area (Å²) >= 11 is 0. The third-order valence-electron chi connectivity index (χ3n) is 2.27. The molecule has 1 aromatic heterocycles. The summed E-state index contributed by atoms with van der Waals surface area (Å²) in [5.41, 5.74) is 2.48. The Hall–Kier alpha value is -1.92. The molecule has 74 valence electrons. The van der Waals surface area contributed by atoms with Crippen molar-refractivity contribution < 1.29 is 4.74 Å². The van der Waals surface area contributed by atoms with E-state index in [0.717, 1.165) is 16.5 Å². The number of ether oxygens (including phenoxy) is 1. The molecule has 3 heteroatoms. The zero-order valence-corrected chi connectivity index (χ0v) is 8.40. The quantitative estimate of drug-likeness (QED) is 0.743. The molecule has 15 heavy (non-hydrogen) atoms. The van der Waals surface area contributed by atoms with E-state index in [-0.39, 0.29) is 0 Å². The number of pyridine rings is 1. The number of methoxy groups -OCH3 is 1. The van der Waals surface area contributed by atoms with E-state index in [1.807, 2.05) is 18.2 Å². The van der Waals surface area contributed by atoms with Gasteiger partial charge in [0.15, 0.2) is 0 Å². The van der Waals surface area contributed by atoms with Crippen molar-refractivity contribution in [3.05, 3.63) is 41.6 Å². The van der Waals surface area contributed by atoms with E-state index in [4.69, 9.17) is 10.00 Å². The molecule has 0 aliphatic rings. The van der Waals surface area contributed by atoms with Crippen LogP contribution in [0.3, 0.4) is 0 Å². The Kier molecular flexibility index (Phi) is 2.61. The summed E-state index contributed by atoms with van der Waals surface area (Å²) in [5, 5.41) is 9.90. The second-order valence-electron chi connectivity index (χ2n) is 3.21. The van der Waals surface area contributed by atoms with Crippen LogP contribution in [0.5, 0.6) is 0 Å². The lowest BCUT2D eigenvalue weighted by Crippen LogP contribution is -1.93. The van der Waals surface area contributed by atoms with Gasteiger partial charge in [0.25, 0.3) is 0 Å².